The molecule has 1 aromatic rings. The summed E-state index contributed by atoms with van der Waals surface area (Å²) in [6.45, 7) is 0.892. The van der Waals surface area contributed by atoms with E-state index in [9.17, 15) is 4.39 Å². The molecule has 92 valence electrons. The molecule has 2 heterocycles. The maximum Gasteiger partial charge on any atom is 0.146 e. The Morgan fingerprint density at radius 2 is 1.88 bits per heavy atom. The van der Waals surface area contributed by atoms with Gasteiger partial charge in [-0.3, -0.25) is 4.90 Å². The number of benzene rings is 1. The highest BCUT2D eigenvalue weighted by atomic mass is 19.1. The van der Waals surface area contributed by atoms with Gasteiger partial charge in [-0.2, -0.15) is 0 Å². The normalized spacial score (nSPS) is 27.6. The summed E-state index contributed by atoms with van der Waals surface area (Å²) in [5.41, 5.74) is 1.75. The summed E-state index contributed by atoms with van der Waals surface area (Å²) in [5, 5.41) is 2.99. The van der Waals surface area contributed by atoms with Crippen molar-refractivity contribution < 1.29 is 4.39 Å². The van der Waals surface area contributed by atoms with E-state index in [1.807, 2.05) is 12.1 Å². The molecular weight excluding hydrogens is 215 g/mol. The minimum absolute atomic E-state index is 0.142. The van der Waals surface area contributed by atoms with Gasteiger partial charge in [-0.05, 0) is 37.3 Å². The molecule has 17 heavy (non-hydrogen) atoms. The summed E-state index contributed by atoms with van der Waals surface area (Å²) in [7, 11) is 1.79. The van der Waals surface area contributed by atoms with Gasteiger partial charge in [-0.1, -0.05) is 12.1 Å². The van der Waals surface area contributed by atoms with Crippen molar-refractivity contribution in [2.75, 3.05) is 12.4 Å². The minimum atomic E-state index is -0.142. The maximum absolute atomic E-state index is 13.7. The monoisotopic (exact) mass is 234 g/mol. The van der Waals surface area contributed by atoms with E-state index >= 15 is 0 Å². The largest absolute Gasteiger partial charge is 0.385 e. The molecule has 2 aliphatic heterocycles. The Labute approximate surface area is 102 Å². The third-order valence-corrected chi connectivity index (χ3v) is 4.31. The van der Waals surface area contributed by atoms with Crippen LogP contribution in [0.3, 0.4) is 0 Å². The van der Waals surface area contributed by atoms with Crippen molar-refractivity contribution in [1.29, 1.82) is 0 Å². The van der Waals surface area contributed by atoms with Crippen LogP contribution in [0.5, 0.6) is 0 Å². The SMILES string of the molecule is CNc1c(F)cccc1CN1C2CCC1CC2. The fraction of sp³-hybridized carbons (Fsp3) is 0.571. The van der Waals surface area contributed by atoms with Crippen LogP contribution in [0.2, 0.25) is 0 Å². The number of anilines is 1. The molecule has 0 atom stereocenters. The lowest BCUT2D eigenvalue weighted by Crippen LogP contribution is -2.28. The van der Waals surface area contributed by atoms with Crippen LogP contribution in [0.1, 0.15) is 31.2 Å². The second-order valence-corrected chi connectivity index (χ2v) is 5.16. The highest BCUT2D eigenvalue weighted by molar-refractivity contribution is 5.52. The van der Waals surface area contributed by atoms with E-state index in [0.717, 1.165) is 24.2 Å². The van der Waals surface area contributed by atoms with E-state index in [1.165, 1.54) is 31.7 Å². The summed E-state index contributed by atoms with van der Waals surface area (Å²) < 4.78 is 13.7. The molecule has 1 aromatic carbocycles. The van der Waals surface area contributed by atoms with Crippen LogP contribution in [-0.2, 0) is 6.54 Å². The zero-order valence-corrected chi connectivity index (χ0v) is 10.2. The molecule has 0 aliphatic carbocycles. The molecule has 2 aliphatic rings. The Morgan fingerprint density at radius 3 is 2.47 bits per heavy atom. The topological polar surface area (TPSA) is 15.3 Å². The molecule has 1 N–H and O–H groups in total. The van der Waals surface area contributed by atoms with Crippen LogP contribution >= 0.6 is 0 Å². The number of fused-ring (bicyclic) bond motifs is 2. The van der Waals surface area contributed by atoms with Crippen LogP contribution < -0.4 is 5.32 Å². The van der Waals surface area contributed by atoms with Crippen LogP contribution in [0.15, 0.2) is 18.2 Å². The smallest absolute Gasteiger partial charge is 0.146 e. The number of nitrogens with zero attached hydrogens (tertiary/aromatic N) is 1. The lowest BCUT2D eigenvalue weighted by Gasteiger charge is -2.23. The predicted octanol–water partition coefficient (Wildman–Crippen LogP) is 2.99. The number of para-hydroxylation sites is 1. The number of hydrogen-bond donors (Lipinski definition) is 1. The van der Waals surface area contributed by atoms with E-state index in [0.29, 0.717) is 5.69 Å². The Morgan fingerprint density at radius 1 is 1.24 bits per heavy atom. The summed E-state index contributed by atoms with van der Waals surface area (Å²) in [6, 6.07) is 6.85. The average molecular weight is 234 g/mol. The molecule has 2 saturated heterocycles. The molecule has 0 aromatic heterocycles. The molecule has 0 spiro atoms. The molecule has 2 bridgehead atoms. The summed E-state index contributed by atoms with van der Waals surface area (Å²) in [5.74, 6) is -0.142. The predicted molar refractivity (Wildman–Crippen MR) is 67.5 cm³/mol. The van der Waals surface area contributed by atoms with Gasteiger partial charge >= 0.3 is 0 Å². The number of rotatable bonds is 3. The van der Waals surface area contributed by atoms with E-state index in [-0.39, 0.29) is 5.82 Å². The molecule has 0 unspecified atom stereocenters. The fourth-order valence-corrected chi connectivity index (χ4v) is 3.46. The average Bonchev–Trinajstić information content (AvgIpc) is 2.89. The number of nitrogens with one attached hydrogen (secondary N) is 1. The van der Waals surface area contributed by atoms with Crippen LogP contribution in [-0.4, -0.2) is 24.0 Å². The zero-order chi connectivity index (χ0) is 11.8. The standard InChI is InChI=1S/C14H19FN2/c1-16-14-10(3-2-4-13(14)15)9-17-11-5-6-12(17)8-7-11/h2-4,11-12,16H,5-9H2,1H3. The van der Waals surface area contributed by atoms with E-state index < -0.39 is 0 Å². The van der Waals surface area contributed by atoms with Crippen LogP contribution in [0.4, 0.5) is 10.1 Å². The van der Waals surface area contributed by atoms with Crippen molar-refractivity contribution in [3.8, 4) is 0 Å². The van der Waals surface area contributed by atoms with E-state index in [2.05, 4.69) is 10.2 Å². The van der Waals surface area contributed by atoms with Gasteiger partial charge in [0, 0.05) is 25.7 Å². The van der Waals surface area contributed by atoms with Gasteiger partial charge in [-0.25, -0.2) is 4.39 Å². The van der Waals surface area contributed by atoms with E-state index in [1.54, 1.807) is 7.05 Å². The second-order valence-electron chi connectivity index (χ2n) is 5.16. The van der Waals surface area contributed by atoms with Crippen LogP contribution in [0.25, 0.3) is 0 Å². The summed E-state index contributed by atoms with van der Waals surface area (Å²) in [6.07, 6.45) is 5.31. The summed E-state index contributed by atoms with van der Waals surface area (Å²) in [4.78, 5) is 2.57. The lowest BCUT2D eigenvalue weighted by molar-refractivity contribution is 0.244. The summed E-state index contributed by atoms with van der Waals surface area (Å²) >= 11 is 0. The molecular formula is C14H19FN2. The first-order chi connectivity index (χ1) is 8.29. The molecule has 2 nitrogen and oxygen atoms in total. The zero-order valence-electron chi connectivity index (χ0n) is 10.2. The molecule has 0 amide bonds. The lowest BCUT2D eigenvalue weighted by atomic mass is 10.0. The highest BCUT2D eigenvalue weighted by Crippen LogP contribution is 2.39. The minimum Gasteiger partial charge on any atom is -0.385 e. The van der Waals surface area contributed by atoms with Crippen molar-refractivity contribution in [2.24, 2.45) is 0 Å². The quantitative estimate of drug-likeness (QED) is 0.865. The molecule has 0 radical (unpaired) electrons. The van der Waals surface area contributed by atoms with Crippen molar-refractivity contribution in [3.63, 3.8) is 0 Å². The molecule has 2 fully saturated rings. The second kappa shape index (κ2) is 4.30. The van der Waals surface area contributed by atoms with E-state index in [4.69, 9.17) is 0 Å². The van der Waals surface area contributed by atoms with Crippen LogP contribution in [0, 0.1) is 5.82 Å². The van der Waals surface area contributed by atoms with Gasteiger partial charge in [0.05, 0.1) is 5.69 Å². The van der Waals surface area contributed by atoms with Gasteiger partial charge in [0.2, 0.25) is 0 Å². The molecule has 3 heteroatoms. The van der Waals surface area contributed by atoms with Crippen molar-refractivity contribution in [1.82, 2.24) is 4.90 Å². The van der Waals surface area contributed by atoms with Gasteiger partial charge in [0.25, 0.3) is 0 Å². The maximum atomic E-state index is 13.7. The molecule has 0 saturated carbocycles. The van der Waals surface area contributed by atoms with Gasteiger partial charge in [0.15, 0.2) is 0 Å². The third-order valence-electron chi connectivity index (χ3n) is 4.31. The third kappa shape index (κ3) is 1.82. The highest BCUT2D eigenvalue weighted by Gasteiger charge is 2.39. The first kappa shape index (κ1) is 11.0. The fourth-order valence-electron chi connectivity index (χ4n) is 3.46. The van der Waals surface area contributed by atoms with Gasteiger partial charge < -0.3 is 5.32 Å². The number of halogens is 1. The Hall–Kier alpha value is -1.09. The van der Waals surface area contributed by atoms with Crippen molar-refractivity contribution >= 4 is 5.69 Å². The first-order valence-corrected chi connectivity index (χ1v) is 6.50. The Balaban J connectivity index is 1.83. The Kier molecular flexibility index (Phi) is 2.79. The number of hydrogen-bond acceptors (Lipinski definition) is 2. The van der Waals surface area contributed by atoms with Gasteiger partial charge in [-0.15, -0.1) is 0 Å². The Bertz CT molecular complexity index is 399. The van der Waals surface area contributed by atoms with Crippen molar-refractivity contribution in [3.05, 3.63) is 29.6 Å². The van der Waals surface area contributed by atoms with Crippen molar-refractivity contribution in [2.45, 2.75) is 44.3 Å². The molecule has 3 rings (SSSR count). The first-order valence-electron chi connectivity index (χ1n) is 6.50. The van der Waals surface area contributed by atoms with Gasteiger partial charge in [0.1, 0.15) is 5.82 Å².